The third-order valence-corrected chi connectivity index (χ3v) is 7.01. The molecule has 2 aliphatic rings. The van der Waals surface area contributed by atoms with Crippen molar-refractivity contribution >= 4 is 34.4 Å². The average molecular weight is 478 g/mol. The molecule has 0 spiro atoms. The fourth-order valence-electron chi connectivity index (χ4n) is 5.21. The largest absolute Gasteiger partial charge is 0.342 e. The number of amides is 3. The zero-order valence-electron chi connectivity index (χ0n) is 19.4. The van der Waals surface area contributed by atoms with Crippen LogP contribution in [0.15, 0.2) is 79.0 Å². The van der Waals surface area contributed by atoms with Crippen molar-refractivity contribution in [1.29, 1.82) is 0 Å². The molecule has 0 saturated carbocycles. The van der Waals surface area contributed by atoms with E-state index in [-0.39, 0.29) is 30.6 Å². The van der Waals surface area contributed by atoms with Gasteiger partial charge in [0.2, 0.25) is 11.8 Å². The van der Waals surface area contributed by atoms with Crippen LogP contribution in [0.1, 0.15) is 50.2 Å². The predicted molar refractivity (Wildman–Crippen MR) is 133 cm³/mol. The maximum atomic E-state index is 13.7. The van der Waals surface area contributed by atoms with E-state index in [2.05, 4.69) is 22.0 Å². The van der Waals surface area contributed by atoms with Crippen LogP contribution in [0.25, 0.3) is 10.9 Å². The Morgan fingerprint density at radius 1 is 0.944 bits per heavy atom. The number of para-hydroxylation sites is 1. The SMILES string of the molecule is O=C1CCC(N2Cc3cc(C(=O)c4cn(Cc5ccccc5)c5ccccc45)ccc3C2=O)C(=O)N1. The van der Waals surface area contributed by atoms with Crippen molar-refractivity contribution < 1.29 is 19.2 Å². The molecule has 2 aliphatic heterocycles. The molecule has 1 unspecified atom stereocenters. The first-order chi connectivity index (χ1) is 17.5. The molecule has 0 bridgehead atoms. The summed E-state index contributed by atoms with van der Waals surface area (Å²) in [6, 6.07) is 22.3. The summed E-state index contributed by atoms with van der Waals surface area (Å²) >= 11 is 0. The molecule has 1 N–H and O–H groups in total. The Bertz CT molecular complexity index is 1550. The number of fused-ring (bicyclic) bond motifs is 2. The zero-order chi connectivity index (χ0) is 24.8. The molecule has 6 rings (SSSR count). The number of imide groups is 1. The summed E-state index contributed by atoms with van der Waals surface area (Å²) in [5.41, 5.74) is 4.42. The number of carbonyl (C=O) groups is 4. The van der Waals surface area contributed by atoms with E-state index in [0.29, 0.717) is 35.2 Å². The normalized spacial score (nSPS) is 17.4. The monoisotopic (exact) mass is 477 g/mol. The van der Waals surface area contributed by atoms with E-state index >= 15 is 0 Å². The molecule has 3 heterocycles. The summed E-state index contributed by atoms with van der Waals surface area (Å²) < 4.78 is 2.08. The molecule has 3 amide bonds. The number of carbonyl (C=O) groups excluding carboxylic acids is 4. The molecular formula is C29H23N3O4. The summed E-state index contributed by atoms with van der Waals surface area (Å²) in [5.74, 6) is -1.14. The number of ketones is 1. The molecule has 1 saturated heterocycles. The van der Waals surface area contributed by atoms with Gasteiger partial charge in [0.05, 0.1) is 0 Å². The van der Waals surface area contributed by atoms with Crippen LogP contribution in [0.3, 0.4) is 0 Å². The first-order valence-electron chi connectivity index (χ1n) is 11.9. The van der Waals surface area contributed by atoms with E-state index < -0.39 is 11.9 Å². The first kappa shape index (κ1) is 22.0. The van der Waals surface area contributed by atoms with Gasteiger partial charge in [0.25, 0.3) is 5.91 Å². The molecular weight excluding hydrogens is 454 g/mol. The minimum Gasteiger partial charge on any atom is -0.342 e. The first-order valence-corrected chi connectivity index (χ1v) is 11.9. The van der Waals surface area contributed by atoms with Gasteiger partial charge < -0.3 is 9.47 Å². The predicted octanol–water partition coefficient (Wildman–Crippen LogP) is 3.68. The van der Waals surface area contributed by atoms with Gasteiger partial charge in [0.1, 0.15) is 6.04 Å². The number of benzene rings is 3. The van der Waals surface area contributed by atoms with E-state index in [4.69, 9.17) is 0 Å². The second-order valence-corrected chi connectivity index (χ2v) is 9.27. The summed E-state index contributed by atoms with van der Waals surface area (Å²) in [7, 11) is 0. The fourth-order valence-corrected chi connectivity index (χ4v) is 5.21. The zero-order valence-corrected chi connectivity index (χ0v) is 19.4. The average Bonchev–Trinajstić information content (AvgIpc) is 3.42. The van der Waals surface area contributed by atoms with E-state index in [0.717, 1.165) is 16.5 Å². The molecule has 178 valence electrons. The lowest BCUT2D eigenvalue weighted by Crippen LogP contribution is -2.52. The summed E-state index contributed by atoms with van der Waals surface area (Å²) in [6.07, 6.45) is 2.40. The van der Waals surface area contributed by atoms with Gasteiger partial charge >= 0.3 is 0 Å². The van der Waals surface area contributed by atoms with E-state index in [1.165, 1.54) is 4.90 Å². The minimum absolute atomic E-state index is 0.118. The van der Waals surface area contributed by atoms with Crippen LogP contribution in [0.2, 0.25) is 0 Å². The lowest BCUT2D eigenvalue weighted by molar-refractivity contribution is -0.136. The second kappa shape index (κ2) is 8.61. The quantitative estimate of drug-likeness (QED) is 0.351. The van der Waals surface area contributed by atoms with E-state index in [9.17, 15) is 19.2 Å². The Labute approximate surface area is 207 Å². The molecule has 4 aromatic rings. The third-order valence-electron chi connectivity index (χ3n) is 7.01. The van der Waals surface area contributed by atoms with Crippen LogP contribution in [-0.4, -0.2) is 39.0 Å². The summed E-state index contributed by atoms with van der Waals surface area (Å²) in [6.45, 7) is 0.881. The van der Waals surface area contributed by atoms with Gasteiger partial charge in [0, 0.05) is 53.3 Å². The summed E-state index contributed by atoms with van der Waals surface area (Å²) in [5, 5.41) is 3.19. The van der Waals surface area contributed by atoms with Crippen molar-refractivity contribution in [3.8, 4) is 0 Å². The van der Waals surface area contributed by atoms with Crippen LogP contribution in [0.4, 0.5) is 0 Å². The van der Waals surface area contributed by atoms with Gasteiger partial charge in [-0.3, -0.25) is 24.5 Å². The van der Waals surface area contributed by atoms with Crippen LogP contribution >= 0.6 is 0 Å². The third kappa shape index (κ3) is 3.69. The number of piperidine rings is 1. The molecule has 0 aliphatic carbocycles. The van der Waals surface area contributed by atoms with Crippen molar-refractivity contribution in [2.45, 2.75) is 32.0 Å². The molecule has 3 aromatic carbocycles. The minimum atomic E-state index is -0.683. The number of rotatable bonds is 5. The maximum Gasteiger partial charge on any atom is 0.255 e. The molecule has 1 aromatic heterocycles. The van der Waals surface area contributed by atoms with Crippen LogP contribution < -0.4 is 5.32 Å². The highest BCUT2D eigenvalue weighted by atomic mass is 16.2. The van der Waals surface area contributed by atoms with Crippen LogP contribution in [0.5, 0.6) is 0 Å². The van der Waals surface area contributed by atoms with Crippen LogP contribution in [0, 0.1) is 0 Å². The highest BCUT2D eigenvalue weighted by Crippen LogP contribution is 2.30. The topological polar surface area (TPSA) is 88.5 Å². The highest BCUT2D eigenvalue weighted by Gasteiger charge is 2.39. The van der Waals surface area contributed by atoms with Crippen molar-refractivity contribution in [3.63, 3.8) is 0 Å². The van der Waals surface area contributed by atoms with Crippen molar-refractivity contribution in [1.82, 2.24) is 14.8 Å². The number of hydrogen-bond donors (Lipinski definition) is 1. The maximum absolute atomic E-state index is 13.7. The van der Waals surface area contributed by atoms with Crippen molar-refractivity contribution in [2.75, 3.05) is 0 Å². The number of hydrogen-bond acceptors (Lipinski definition) is 4. The van der Waals surface area contributed by atoms with Gasteiger partial charge in [-0.05, 0) is 35.7 Å². The smallest absolute Gasteiger partial charge is 0.255 e. The second-order valence-electron chi connectivity index (χ2n) is 9.27. The van der Waals surface area contributed by atoms with E-state index in [1.807, 2.05) is 48.7 Å². The molecule has 1 fully saturated rings. The number of aromatic nitrogens is 1. The molecule has 7 heteroatoms. The summed E-state index contributed by atoms with van der Waals surface area (Å²) in [4.78, 5) is 52.0. The molecule has 36 heavy (non-hydrogen) atoms. The van der Waals surface area contributed by atoms with Gasteiger partial charge in [-0.1, -0.05) is 54.6 Å². The van der Waals surface area contributed by atoms with Crippen molar-refractivity contribution in [2.24, 2.45) is 0 Å². The highest BCUT2D eigenvalue weighted by molar-refractivity contribution is 6.17. The Kier molecular flexibility index (Phi) is 5.25. The number of nitrogens with one attached hydrogen (secondary N) is 1. The van der Waals surface area contributed by atoms with Gasteiger partial charge in [-0.2, -0.15) is 0 Å². The Balaban J connectivity index is 1.31. The van der Waals surface area contributed by atoms with Gasteiger partial charge in [-0.15, -0.1) is 0 Å². The molecule has 0 radical (unpaired) electrons. The van der Waals surface area contributed by atoms with Gasteiger partial charge in [0.15, 0.2) is 5.78 Å². The fraction of sp³-hybridized carbons (Fsp3) is 0.172. The Hall–Kier alpha value is -4.52. The lowest BCUT2D eigenvalue weighted by atomic mass is 9.99. The number of nitrogens with zero attached hydrogens (tertiary/aromatic N) is 2. The molecule has 1 atom stereocenters. The lowest BCUT2D eigenvalue weighted by Gasteiger charge is -2.29. The standard InChI is InChI=1S/C29H23N3O4/c33-26-13-12-25(28(35)30-26)32-16-20-14-19(10-11-21(20)29(32)36)27(34)23-17-31(15-18-6-2-1-3-7-18)24-9-5-4-8-22(23)24/h1-11,14,17,25H,12-13,15-16H2,(H,30,33,35). The van der Waals surface area contributed by atoms with Crippen molar-refractivity contribution in [3.05, 3.63) is 107 Å². The molecule has 7 nitrogen and oxygen atoms in total. The van der Waals surface area contributed by atoms with Crippen LogP contribution in [-0.2, 0) is 22.7 Å². The Morgan fingerprint density at radius 2 is 1.72 bits per heavy atom. The Morgan fingerprint density at radius 3 is 2.53 bits per heavy atom. The van der Waals surface area contributed by atoms with Gasteiger partial charge in [-0.25, -0.2) is 0 Å². The van der Waals surface area contributed by atoms with E-state index in [1.54, 1.807) is 18.2 Å².